The molecule has 0 spiro atoms. The van der Waals surface area contributed by atoms with Crippen LogP contribution in [0, 0.1) is 0 Å². The van der Waals surface area contributed by atoms with E-state index in [1.54, 1.807) is 10.7 Å². The van der Waals surface area contributed by atoms with Gasteiger partial charge in [0, 0.05) is 12.8 Å². The zero-order valence-electron chi connectivity index (χ0n) is 9.30. The molecule has 1 amide bonds. The summed E-state index contributed by atoms with van der Waals surface area (Å²) < 4.78 is 7.06. The fourth-order valence-corrected chi connectivity index (χ4v) is 2.03. The molecule has 5 heteroatoms. The van der Waals surface area contributed by atoms with Gasteiger partial charge in [-0.3, -0.25) is 4.79 Å². The molecule has 1 aliphatic heterocycles. The van der Waals surface area contributed by atoms with Crippen LogP contribution in [0.1, 0.15) is 12.8 Å². The van der Waals surface area contributed by atoms with Gasteiger partial charge in [-0.1, -0.05) is 6.07 Å². The van der Waals surface area contributed by atoms with Crippen LogP contribution in [-0.2, 0) is 9.53 Å². The number of anilines is 1. The van der Waals surface area contributed by atoms with Gasteiger partial charge in [0.25, 0.3) is 5.91 Å². The lowest BCUT2D eigenvalue weighted by atomic mass is 10.2. The molecule has 88 valence electrons. The van der Waals surface area contributed by atoms with Crippen LogP contribution in [-0.4, -0.2) is 28.2 Å². The van der Waals surface area contributed by atoms with Crippen molar-refractivity contribution in [1.82, 2.24) is 9.61 Å². The first kappa shape index (κ1) is 10.3. The highest BCUT2D eigenvalue weighted by Crippen LogP contribution is 2.18. The molecule has 17 heavy (non-hydrogen) atoms. The first-order valence-electron chi connectivity index (χ1n) is 5.69. The number of pyridine rings is 1. The molecule has 5 nitrogen and oxygen atoms in total. The number of carbonyl (C=O) groups is 1. The average molecular weight is 231 g/mol. The molecule has 2 aromatic heterocycles. The van der Waals surface area contributed by atoms with E-state index < -0.39 is 0 Å². The van der Waals surface area contributed by atoms with Gasteiger partial charge in [-0.2, -0.15) is 5.10 Å². The van der Waals surface area contributed by atoms with Crippen LogP contribution >= 0.6 is 0 Å². The molecule has 0 bridgehead atoms. The number of rotatable bonds is 2. The fourth-order valence-electron chi connectivity index (χ4n) is 2.03. The number of fused-ring (bicyclic) bond motifs is 1. The lowest BCUT2D eigenvalue weighted by molar-refractivity contribution is -0.124. The van der Waals surface area contributed by atoms with Gasteiger partial charge >= 0.3 is 0 Å². The first-order valence-corrected chi connectivity index (χ1v) is 5.69. The summed E-state index contributed by atoms with van der Waals surface area (Å²) in [6.07, 6.45) is 4.94. The zero-order chi connectivity index (χ0) is 11.7. The maximum Gasteiger partial charge on any atom is 0.253 e. The van der Waals surface area contributed by atoms with E-state index in [9.17, 15) is 4.79 Å². The highest BCUT2D eigenvalue weighted by Gasteiger charge is 2.24. The molecule has 1 aliphatic rings. The first-order chi connectivity index (χ1) is 8.34. The quantitative estimate of drug-likeness (QED) is 0.851. The van der Waals surface area contributed by atoms with Crippen LogP contribution in [0.2, 0.25) is 0 Å². The minimum atomic E-state index is -0.311. The lowest BCUT2D eigenvalue weighted by Crippen LogP contribution is -2.26. The Hall–Kier alpha value is -1.88. The van der Waals surface area contributed by atoms with E-state index in [2.05, 4.69) is 10.4 Å². The van der Waals surface area contributed by atoms with E-state index in [1.165, 1.54) is 0 Å². The van der Waals surface area contributed by atoms with Crippen molar-refractivity contribution in [3.05, 3.63) is 30.6 Å². The number of nitrogens with one attached hydrogen (secondary N) is 1. The van der Waals surface area contributed by atoms with Gasteiger partial charge in [0.15, 0.2) is 0 Å². The summed E-state index contributed by atoms with van der Waals surface area (Å²) in [5, 5.41) is 7.02. The lowest BCUT2D eigenvalue weighted by Gasteiger charge is -2.08. The number of ether oxygens (including phenoxy) is 1. The van der Waals surface area contributed by atoms with E-state index in [0.717, 1.165) is 24.0 Å². The maximum atomic E-state index is 11.9. The third-order valence-electron chi connectivity index (χ3n) is 2.91. The third kappa shape index (κ3) is 1.89. The molecule has 1 saturated heterocycles. The average Bonchev–Trinajstić information content (AvgIpc) is 2.98. The van der Waals surface area contributed by atoms with Gasteiger partial charge in [-0.25, -0.2) is 4.52 Å². The Labute approximate surface area is 98.4 Å². The minimum absolute atomic E-state index is 0.0822. The van der Waals surface area contributed by atoms with Crippen molar-refractivity contribution in [1.29, 1.82) is 0 Å². The number of nitrogens with zero attached hydrogens (tertiary/aromatic N) is 2. The van der Waals surface area contributed by atoms with Crippen molar-refractivity contribution in [2.24, 2.45) is 0 Å². The second-order valence-electron chi connectivity index (χ2n) is 4.08. The van der Waals surface area contributed by atoms with Crippen molar-refractivity contribution in [3.8, 4) is 0 Å². The summed E-state index contributed by atoms with van der Waals surface area (Å²) in [6.45, 7) is 0.673. The molecule has 0 aliphatic carbocycles. The van der Waals surface area contributed by atoms with Gasteiger partial charge in [-0.15, -0.1) is 0 Å². The van der Waals surface area contributed by atoms with Crippen molar-refractivity contribution < 1.29 is 9.53 Å². The van der Waals surface area contributed by atoms with E-state index in [4.69, 9.17) is 4.74 Å². The van der Waals surface area contributed by atoms with Crippen molar-refractivity contribution in [3.63, 3.8) is 0 Å². The number of amides is 1. The van der Waals surface area contributed by atoms with Crippen molar-refractivity contribution in [2.75, 3.05) is 11.9 Å². The topological polar surface area (TPSA) is 55.6 Å². The molecule has 0 saturated carbocycles. The normalized spacial score (nSPS) is 19.6. The molecular weight excluding hydrogens is 218 g/mol. The minimum Gasteiger partial charge on any atom is -0.368 e. The van der Waals surface area contributed by atoms with E-state index in [0.29, 0.717) is 6.61 Å². The third-order valence-corrected chi connectivity index (χ3v) is 2.91. The number of hydrogen-bond donors (Lipinski definition) is 1. The summed E-state index contributed by atoms with van der Waals surface area (Å²) in [6, 6.07) is 5.72. The Bertz CT molecular complexity index is 543. The summed E-state index contributed by atoms with van der Waals surface area (Å²) in [5.41, 5.74) is 1.62. The Morgan fingerprint density at radius 1 is 1.53 bits per heavy atom. The van der Waals surface area contributed by atoms with Crippen LogP contribution in [0.4, 0.5) is 5.69 Å². The Balaban J connectivity index is 1.82. The standard InChI is InChI=1S/C12H13N3O2/c16-12(11-5-3-7-17-11)14-9-8-13-15-6-2-1-4-10(9)15/h1-2,4,6,8,11H,3,5,7H2,(H,14,16)/t11-/m1/s1. The van der Waals surface area contributed by atoms with Gasteiger partial charge in [0.05, 0.1) is 17.4 Å². The second-order valence-corrected chi connectivity index (χ2v) is 4.08. The van der Waals surface area contributed by atoms with Crippen LogP contribution in [0.3, 0.4) is 0 Å². The van der Waals surface area contributed by atoms with Crippen molar-refractivity contribution >= 4 is 17.1 Å². The van der Waals surface area contributed by atoms with Gasteiger partial charge in [-0.05, 0) is 25.0 Å². The summed E-state index contributed by atoms with van der Waals surface area (Å²) >= 11 is 0. The summed E-state index contributed by atoms with van der Waals surface area (Å²) in [5.74, 6) is -0.0822. The SMILES string of the molecule is O=C(Nc1cnn2ccccc12)[C@H]1CCCO1. The predicted molar refractivity (Wildman–Crippen MR) is 62.8 cm³/mol. The fraction of sp³-hybridized carbons (Fsp3) is 0.333. The number of carbonyl (C=O) groups excluding carboxylic acids is 1. The highest BCUT2D eigenvalue weighted by molar-refractivity contribution is 5.97. The van der Waals surface area contributed by atoms with E-state index in [-0.39, 0.29) is 12.0 Å². The van der Waals surface area contributed by atoms with Crippen molar-refractivity contribution in [2.45, 2.75) is 18.9 Å². The number of aromatic nitrogens is 2. The van der Waals surface area contributed by atoms with Gasteiger partial charge in [0.2, 0.25) is 0 Å². The molecule has 0 radical (unpaired) electrons. The Morgan fingerprint density at radius 3 is 3.29 bits per heavy atom. The Morgan fingerprint density at radius 2 is 2.47 bits per heavy atom. The zero-order valence-corrected chi connectivity index (χ0v) is 9.30. The van der Waals surface area contributed by atoms with Crippen LogP contribution in [0.5, 0.6) is 0 Å². The van der Waals surface area contributed by atoms with Gasteiger partial charge < -0.3 is 10.1 Å². The molecular formula is C12H13N3O2. The van der Waals surface area contributed by atoms with Crippen LogP contribution in [0.15, 0.2) is 30.6 Å². The maximum absolute atomic E-state index is 11.9. The second kappa shape index (κ2) is 4.18. The molecule has 1 fully saturated rings. The van der Waals surface area contributed by atoms with Crippen LogP contribution in [0.25, 0.3) is 5.52 Å². The summed E-state index contributed by atoms with van der Waals surface area (Å²) in [4.78, 5) is 11.9. The smallest absolute Gasteiger partial charge is 0.253 e. The molecule has 3 rings (SSSR count). The monoisotopic (exact) mass is 231 g/mol. The van der Waals surface area contributed by atoms with Crippen LogP contribution < -0.4 is 5.32 Å². The molecule has 0 aromatic carbocycles. The molecule has 1 atom stereocenters. The Kier molecular flexibility index (Phi) is 2.53. The largest absolute Gasteiger partial charge is 0.368 e. The highest BCUT2D eigenvalue weighted by atomic mass is 16.5. The van der Waals surface area contributed by atoms with E-state index >= 15 is 0 Å². The van der Waals surface area contributed by atoms with E-state index in [1.807, 2.05) is 24.4 Å². The molecule has 1 N–H and O–H groups in total. The molecule has 3 heterocycles. The number of hydrogen-bond acceptors (Lipinski definition) is 3. The predicted octanol–water partition coefficient (Wildman–Crippen LogP) is 1.45. The summed E-state index contributed by atoms with van der Waals surface area (Å²) in [7, 11) is 0. The molecule has 2 aromatic rings. The molecule has 0 unspecified atom stereocenters. The van der Waals surface area contributed by atoms with Gasteiger partial charge in [0.1, 0.15) is 6.10 Å².